The van der Waals surface area contributed by atoms with Crippen LogP contribution in [0.5, 0.6) is 0 Å². The lowest BCUT2D eigenvalue weighted by atomic mass is 10.3. The standard InChI is InChI=1S/C13H18N4S/c1-10-8-11(2)15-13(9-10)18-7-3-5-17-6-4-12(14)16-17/h4,6,8-9H,3,5,7H2,1-2H3,(H2,14,16). The number of nitrogens with two attached hydrogens (primary N) is 1. The summed E-state index contributed by atoms with van der Waals surface area (Å²) in [4.78, 5) is 4.50. The molecule has 2 N–H and O–H groups in total. The van der Waals surface area contributed by atoms with Crippen LogP contribution in [0.25, 0.3) is 0 Å². The topological polar surface area (TPSA) is 56.7 Å². The molecular weight excluding hydrogens is 244 g/mol. The van der Waals surface area contributed by atoms with Crippen LogP contribution in [-0.2, 0) is 6.54 Å². The number of nitrogens with zero attached hydrogens (tertiary/aromatic N) is 3. The molecule has 0 fully saturated rings. The predicted octanol–water partition coefficient (Wildman–Crippen LogP) is 2.66. The van der Waals surface area contributed by atoms with E-state index in [0.717, 1.165) is 29.4 Å². The highest BCUT2D eigenvalue weighted by Gasteiger charge is 1.99. The van der Waals surface area contributed by atoms with Gasteiger partial charge >= 0.3 is 0 Å². The number of nitrogen functional groups attached to an aromatic ring is 1. The lowest BCUT2D eigenvalue weighted by Crippen LogP contribution is -2.00. The Labute approximate surface area is 112 Å². The minimum Gasteiger partial charge on any atom is -0.382 e. The van der Waals surface area contributed by atoms with Gasteiger partial charge in [-0.2, -0.15) is 5.10 Å². The largest absolute Gasteiger partial charge is 0.382 e. The third-order valence-corrected chi connectivity index (χ3v) is 3.51. The number of aromatic nitrogens is 3. The van der Waals surface area contributed by atoms with Crippen LogP contribution in [-0.4, -0.2) is 20.5 Å². The van der Waals surface area contributed by atoms with E-state index in [1.807, 2.05) is 23.9 Å². The maximum absolute atomic E-state index is 5.56. The highest BCUT2D eigenvalue weighted by atomic mass is 32.2. The van der Waals surface area contributed by atoms with Crippen molar-refractivity contribution >= 4 is 17.6 Å². The van der Waals surface area contributed by atoms with Crippen molar-refractivity contribution in [1.82, 2.24) is 14.8 Å². The molecule has 0 saturated heterocycles. The first-order valence-electron chi connectivity index (χ1n) is 6.00. The van der Waals surface area contributed by atoms with Gasteiger partial charge in [-0.1, -0.05) is 0 Å². The average Bonchev–Trinajstić information content (AvgIpc) is 2.69. The Hall–Kier alpha value is -1.49. The van der Waals surface area contributed by atoms with Crippen molar-refractivity contribution in [2.45, 2.75) is 31.8 Å². The predicted molar refractivity (Wildman–Crippen MR) is 75.7 cm³/mol. The number of rotatable bonds is 5. The van der Waals surface area contributed by atoms with E-state index < -0.39 is 0 Å². The van der Waals surface area contributed by atoms with Gasteiger partial charge in [0.1, 0.15) is 5.82 Å². The zero-order chi connectivity index (χ0) is 13.0. The van der Waals surface area contributed by atoms with Crippen LogP contribution in [0.3, 0.4) is 0 Å². The van der Waals surface area contributed by atoms with Gasteiger partial charge in [-0.05, 0) is 44.0 Å². The molecule has 0 aliphatic heterocycles. The minimum absolute atomic E-state index is 0.582. The van der Waals surface area contributed by atoms with Crippen LogP contribution in [0, 0.1) is 13.8 Å². The molecule has 0 atom stereocenters. The van der Waals surface area contributed by atoms with Gasteiger partial charge < -0.3 is 5.73 Å². The quantitative estimate of drug-likeness (QED) is 0.665. The Bertz CT molecular complexity index is 501. The molecule has 2 aromatic heterocycles. The molecule has 2 heterocycles. The Balaban J connectivity index is 1.78. The molecule has 0 radical (unpaired) electrons. The van der Waals surface area contributed by atoms with E-state index in [1.165, 1.54) is 5.56 Å². The zero-order valence-electron chi connectivity index (χ0n) is 10.8. The summed E-state index contributed by atoms with van der Waals surface area (Å²) in [5.41, 5.74) is 7.91. The first-order valence-corrected chi connectivity index (χ1v) is 6.99. The van der Waals surface area contributed by atoms with Gasteiger partial charge in [-0.25, -0.2) is 4.98 Å². The second kappa shape index (κ2) is 5.91. The highest BCUT2D eigenvalue weighted by Crippen LogP contribution is 2.18. The van der Waals surface area contributed by atoms with Crippen molar-refractivity contribution in [3.8, 4) is 0 Å². The maximum atomic E-state index is 5.56. The fourth-order valence-corrected chi connectivity index (χ4v) is 2.74. The van der Waals surface area contributed by atoms with Crippen molar-refractivity contribution in [2.24, 2.45) is 0 Å². The van der Waals surface area contributed by atoms with E-state index in [1.54, 1.807) is 11.8 Å². The molecule has 0 saturated carbocycles. The maximum Gasteiger partial charge on any atom is 0.145 e. The van der Waals surface area contributed by atoms with E-state index in [9.17, 15) is 0 Å². The first-order chi connectivity index (χ1) is 8.63. The summed E-state index contributed by atoms with van der Waals surface area (Å²) in [7, 11) is 0. The van der Waals surface area contributed by atoms with Crippen LogP contribution < -0.4 is 5.73 Å². The van der Waals surface area contributed by atoms with E-state index >= 15 is 0 Å². The molecule has 0 bridgehead atoms. The third-order valence-electron chi connectivity index (χ3n) is 2.52. The SMILES string of the molecule is Cc1cc(C)nc(SCCCn2ccc(N)n2)c1. The van der Waals surface area contributed by atoms with Crippen LogP contribution in [0.4, 0.5) is 5.82 Å². The Morgan fingerprint density at radius 2 is 2.17 bits per heavy atom. The van der Waals surface area contributed by atoms with Crippen LogP contribution in [0.1, 0.15) is 17.7 Å². The van der Waals surface area contributed by atoms with Gasteiger partial charge in [-0.15, -0.1) is 11.8 Å². The second-order valence-corrected chi connectivity index (χ2v) is 5.45. The Morgan fingerprint density at radius 3 is 2.83 bits per heavy atom. The molecule has 0 unspecified atom stereocenters. The third kappa shape index (κ3) is 3.77. The number of anilines is 1. The summed E-state index contributed by atoms with van der Waals surface area (Å²) in [5, 5.41) is 5.26. The molecule has 18 heavy (non-hydrogen) atoms. The monoisotopic (exact) mass is 262 g/mol. The molecule has 96 valence electrons. The van der Waals surface area contributed by atoms with Gasteiger partial charge in [0.25, 0.3) is 0 Å². The lowest BCUT2D eigenvalue weighted by Gasteiger charge is -2.04. The van der Waals surface area contributed by atoms with Gasteiger partial charge in [0.15, 0.2) is 0 Å². The van der Waals surface area contributed by atoms with E-state index in [4.69, 9.17) is 5.73 Å². The number of aryl methyl sites for hydroxylation is 3. The van der Waals surface area contributed by atoms with Gasteiger partial charge in [-0.3, -0.25) is 4.68 Å². The summed E-state index contributed by atoms with van der Waals surface area (Å²) >= 11 is 1.79. The normalized spacial score (nSPS) is 10.8. The lowest BCUT2D eigenvalue weighted by molar-refractivity contribution is 0.608. The van der Waals surface area contributed by atoms with E-state index in [-0.39, 0.29) is 0 Å². The molecular formula is C13H18N4S. The fraction of sp³-hybridized carbons (Fsp3) is 0.385. The number of thioether (sulfide) groups is 1. The summed E-state index contributed by atoms with van der Waals surface area (Å²) < 4.78 is 1.88. The molecule has 4 nitrogen and oxygen atoms in total. The average molecular weight is 262 g/mol. The minimum atomic E-state index is 0.582. The number of hydrogen-bond acceptors (Lipinski definition) is 4. The molecule has 5 heteroatoms. The van der Waals surface area contributed by atoms with Gasteiger partial charge in [0.2, 0.25) is 0 Å². The molecule has 0 aromatic carbocycles. The van der Waals surface area contributed by atoms with Crippen molar-refractivity contribution in [3.05, 3.63) is 35.7 Å². The summed E-state index contributed by atoms with van der Waals surface area (Å²) in [6, 6.07) is 6.04. The summed E-state index contributed by atoms with van der Waals surface area (Å²) in [6.07, 6.45) is 2.97. The smallest absolute Gasteiger partial charge is 0.145 e. The van der Waals surface area contributed by atoms with Crippen LogP contribution in [0.2, 0.25) is 0 Å². The summed E-state index contributed by atoms with van der Waals surface area (Å²) in [5.74, 6) is 1.62. The summed E-state index contributed by atoms with van der Waals surface area (Å²) in [6.45, 7) is 5.03. The van der Waals surface area contributed by atoms with Crippen LogP contribution >= 0.6 is 11.8 Å². The van der Waals surface area contributed by atoms with Crippen molar-refractivity contribution in [2.75, 3.05) is 11.5 Å². The first kappa shape index (κ1) is 13.0. The van der Waals surface area contributed by atoms with Gasteiger partial charge in [0, 0.05) is 24.2 Å². The number of hydrogen-bond donors (Lipinski definition) is 1. The van der Waals surface area contributed by atoms with Crippen LogP contribution in [0.15, 0.2) is 29.4 Å². The van der Waals surface area contributed by atoms with Gasteiger partial charge in [0.05, 0.1) is 5.03 Å². The molecule has 0 aliphatic carbocycles. The Kier molecular flexibility index (Phi) is 4.25. The molecule has 0 spiro atoms. The van der Waals surface area contributed by atoms with E-state index in [0.29, 0.717) is 5.82 Å². The Morgan fingerprint density at radius 1 is 1.33 bits per heavy atom. The number of pyridine rings is 1. The second-order valence-electron chi connectivity index (χ2n) is 4.33. The van der Waals surface area contributed by atoms with Crippen molar-refractivity contribution in [3.63, 3.8) is 0 Å². The zero-order valence-corrected chi connectivity index (χ0v) is 11.6. The highest BCUT2D eigenvalue weighted by molar-refractivity contribution is 7.99. The van der Waals surface area contributed by atoms with E-state index in [2.05, 4.69) is 29.1 Å². The molecule has 2 rings (SSSR count). The van der Waals surface area contributed by atoms with Crippen molar-refractivity contribution < 1.29 is 0 Å². The van der Waals surface area contributed by atoms with Crippen molar-refractivity contribution in [1.29, 1.82) is 0 Å². The fourth-order valence-electron chi connectivity index (χ4n) is 1.78. The molecule has 0 aliphatic rings. The molecule has 2 aromatic rings. The molecule has 0 amide bonds.